The van der Waals surface area contributed by atoms with Crippen molar-refractivity contribution in [3.8, 4) is 0 Å². The van der Waals surface area contributed by atoms with Gasteiger partial charge in [-0.05, 0) is 18.5 Å². The molecule has 1 rings (SSSR count). The van der Waals surface area contributed by atoms with Crippen molar-refractivity contribution in [3.05, 3.63) is 23.7 Å². The first-order chi connectivity index (χ1) is 7.83. The van der Waals surface area contributed by atoms with Crippen molar-refractivity contribution in [3.63, 3.8) is 0 Å². The van der Waals surface area contributed by atoms with Crippen LogP contribution in [0.3, 0.4) is 0 Å². The van der Waals surface area contributed by atoms with E-state index in [4.69, 9.17) is 10.3 Å². The molecule has 0 atom stereocenters. The summed E-state index contributed by atoms with van der Waals surface area (Å²) < 4.78 is 5.31. The lowest BCUT2D eigenvalue weighted by Gasteiger charge is -2.25. The summed E-state index contributed by atoms with van der Waals surface area (Å²) in [5, 5.41) is 0. The van der Waals surface area contributed by atoms with Gasteiger partial charge in [-0.2, -0.15) is 0 Å². The van der Waals surface area contributed by atoms with Crippen LogP contribution in [0.25, 0.3) is 0 Å². The highest BCUT2D eigenvalue weighted by Crippen LogP contribution is 2.18. The van der Waals surface area contributed by atoms with Crippen LogP contribution in [-0.2, 0) is 6.54 Å². The van der Waals surface area contributed by atoms with E-state index in [0.29, 0.717) is 17.9 Å². The molecule has 0 saturated carbocycles. The molecule has 0 fully saturated rings. The number of nitrogen functional groups attached to an aromatic ring is 1. The van der Waals surface area contributed by atoms with E-state index in [1.807, 2.05) is 7.05 Å². The molecule has 0 aliphatic rings. The average Bonchev–Trinajstić information content (AvgIpc) is 2.61. The van der Waals surface area contributed by atoms with Gasteiger partial charge in [0.05, 0.1) is 18.4 Å². The highest BCUT2D eigenvalue weighted by molar-refractivity contribution is 5.94. The molecule has 3 N–H and O–H groups in total. The van der Waals surface area contributed by atoms with Gasteiger partial charge in [-0.1, -0.05) is 20.8 Å². The second-order valence-electron chi connectivity index (χ2n) is 5.46. The molecule has 0 spiro atoms. The van der Waals surface area contributed by atoms with Crippen molar-refractivity contribution in [2.75, 3.05) is 13.6 Å². The summed E-state index contributed by atoms with van der Waals surface area (Å²) in [5.41, 5.74) is 2.81. The van der Waals surface area contributed by atoms with Gasteiger partial charge >= 0.3 is 0 Å². The maximum Gasteiger partial charge on any atom is 0.268 e. The van der Waals surface area contributed by atoms with Crippen LogP contribution in [0.1, 0.15) is 36.9 Å². The smallest absolute Gasteiger partial charge is 0.268 e. The molecule has 1 aromatic heterocycles. The Labute approximate surface area is 102 Å². The molecule has 0 unspecified atom stereocenters. The summed E-state index contributed by atoms with van der Waals surface area (Å²) in [6.07, 6.45) is 1.50. The minimum atomic E-state index is -0.321. The summed E-state index contributed by atoms with van der Waals surface area (Å²) >= 11 is 0. The number of nitrogens with one attached hydrogen (secondary N) is 1. The third-order valence-corrected chi connectivity index (χ3v) is 2.28. The molecule has 0 radical (unpaired) electrons. The number of amides is 1. The SMILES string of the molecule is CN(Cc1occc1C(=O)NN)CC(C)(C)C. The molecule has 5 heteroatoms. The van der Waals surface area contributed by atoms with Crippen LogP contribution >= 0.6 is 0 Å². The van der Waals surface area contributed by atoms with Crippen LogP contribution < -0.4 is 11.3 Å². The molecule has 0 aliphatic carbocycles. The second kappa shape index (κ2) is 5.33. The zero-order valence-corrected chi connectivity index (χ0v) is 10.9. The lowest BCUT2D eigenvalue weighted by atomic mass is 9.96. The Balaban J connectivity index is 2.69. The third-order valence-electron chi connectivity index (χ3n) is 2.28. The van der Waals surface area contributed by atoms with Gasteiger partial charge in [0.15, 0.2) is 0 Å². The van der Waals surface area contributed by atoms with E-state index in [0.717, 1.165) is 6.54 Å². The number of hydrogen-bond donors (Lipinski definition) is 2. The normalized spacial score (nSPS) is 11.9. The summed E-state index contributed by atoms with van der Waals surface area (Å²) in [7, 11) is 2.00. The predicted molar refractivity (Wildman–Crippen MR) is 66.2 cm³/mol. The molecule has 0 saturated heterocycles. The zero-order chi connectivity index (χ0) is 13.1. The minimum absolute atomic E-state index is 0.206. The van der Waals surface area contributed by atoms with Gasteiger partial charge in [-0.15, -0.1) is 0 Å². The molecule has 96 valence electrons. The van der Waals surface area contributed by atoms with Crippen LogP contribution in [0.15, 0.2) is 16.7 Å². The van der Waals surface area contributed by atoms with E-state index < -0.39 is 0 Å². The minimum Gasteiger partial charge on any atom is -0.467 e. The fourth-order valence-corrected chi connectivity index (χ4v) is 1.85. The predicted octanol–water partition coefficient (Wildman–Crippen LogP) is 1.36. The van der Waals surface area contributed by atoms with Crippen LogP contribution in [0, 0.1) is 5.41 Å². The van der Waals surface area contributed by atoms with Gasteiger partial charge in [-0.25, -0.2) is 5.84 Å². The van der Waals surface area contributed by atoms with Gasteiger partial charge in [0.1, 0.15) is 5.76 Å². The van der Waals surface area contributed by atoms with Crippen molar-refractivity contribution in [1.82, 2.24) is 10.3 Å². The Morgan fingerprint density at radius 1 is 1.53 bits per heavy atom. The van der Waals surface area contributed by atoms with Crippen molar-refractivity contribution >= 4 is 5.91 Å². The number of carbonyl (C=O) groups is 1. The van der Waals surface area contributed by atoms with Crippen molar-refractivity contribution in [2.24, 2.45) is 11.3 Å². The number of carbonyl (C=O) groups excluding carboxylic acids is 1. The fourth-order valence-electron chi connectivity index (χ4n) is 1.85. The summed E-state index contributed by atoms with van der Waals surface area (Å²) in [6, 6.07) is 1.63. The van der Waals surface area contributed by atoms with E-state index in [9.17, 15) is 4.79 Å². The number of nitrogens with two attached hydrogens (primary N) is 1. The van der Waals surface area contributed by atoms with E-state index in [2.05, 4.69) is 31.1 Å². The van der Waals surface area contributed by atoms with Crippen LogP contribution in [0.2, 0.25) is 0 Å². The van der Waals surface area contributed by atoms with E-state index >= 15 is 0 Å². The Bertz CT molecular complexity index is 379. The second-order valence-corrected chi connectivity index (χ2v) is 5.46. The number of furan rings is 1. The topological polar surface area (TPSA) is 71.5 Å². The maximum atomic E-state index is 11.4. The Kier molecular flexibility index (Phi) is 4.31. The number of nitrogens with zero attached hydrogens (tertiary/aromatic N) is 1. The van der Waals surface area contributed by atoms with Crippen LogP contribution in [0.4, 0.5) is 0 Å². The molecular formula is C12H21N3O2. The van der Waals surface area contributed by atoms with Gasteiger partial charge in [0, 0.05) is 6.54 Å². The summed E-state index contributed by atoms with van der Waals surface area (Å²) in [5.74, 6) is 5.43. The maximum absolute atomic E-state index is 11.4. The molecule has 5 nitrogen and oxygen atoms in total. The quantitative estimate of drug-likeness (QED) is 0.473. The standard InChI is InChI=1S/C12H21N3O2/c1-12(2,3)8-15(4)7-10-9(5-6-17-10)11(16)14-13/h5-6H,7-8,13H2,1-4H3,(H,14,16). The zero-order valence-electron chi connectivity index (χ0n) is 10.9. The highest BCUT2D eigenvalue weighted by atomic mass is 16.3. The number of rotatable bonds is 4. The third kappa shape index (κ3) is 4.20. The summed E-state index contributed by atoms with van der Waals surface area (Å²) in [6.45, 7) is 8.00. The first-order valence-electron chi connectivity index (χ1n) is 5.59. The van der Waals surface area contributed by atoms with Gasteiger partial charge in [0.25, 0.3) is 5.91 Å². The van der Waals surface area contributed by atoms with Gasteiger partial charge in [0.2, 0.25) is 0 Å². The van der Waals surface area contributed by atoms with Gasteiger partial charge < -0.3 is 4.42 Å². The Morgan fingerprint density at radius 2 is 2.18 bits per heavy atom. The first kappa shape index (κ1) is 13.7. The monoisotopic (exact) mass is 239 g/mol. The van der Waals surface area contributed by atoms with Crippen molar-refractivity contribution in [1.29, 1.82) is 0 Å². The lowest BCUT2D eigenvalue weighted by Crippen LogP contribution is -2.32. The average molecular weight is 239 g/mol. The van der Waals surface area contributed by atoms with Crippen LogP contribution in [0.5, 0.6) is 0 Å². The lowest BCUT2D eigenvalue weighted by molar-refractivity contribution is 0.0950. The van der Waals surface area contributed by atoms with E-state index in [-0.39, 0.29) is 11.3 Å². The summed E-state index contributed by atoms with van der Waals surface area (Å²) in [4.78, 5) is 13.6. The van der Waals surface area contributed by atoms with Gasteiger partial charge in [-0.3, -0.25) is 15.1 Å². The molecule has 0 aromatic carbocycles. The van der Waals surface area contributed by atoms with Crippen molar-refractivity contribution < 1.29 is 9.21 Å². The molecule has 0 aliphatic heterocycles. The number of hydrogen-bond acceptors (Lipinski definition) is 4. The van der Waals surface area contributed by atoms with E-state index in [1.54, 1.807) is 6.07 Å². The van der Waals surface area contributed by atoms with Crippen molar-refractivity contribution in [2.45, 2.75) is 27.3 Å². The Morgan fingerprint density at radius 3 is 2.71 bits per heavy atom. The fraction of sp³-hybridized carbons (Fsp3) is 0.583. The molecule has 1 heterocycles. The molecule has 0 bridgehead atoms. The first-order valence-corrected chi connectivity index (χ1v) is 5.59. The molecule has 1 aromatic rings. The Hall–Kier alpha value is -1.33. The largest absolute Gasteiger partial charge is 0.467 e. The molecule has 1 amide bonds. The van der Waals surface area contributed by atoms with E-state index in [1.165, 1.54) is 6.26 Å². The highest BCUT2D eigenvalue weighted by Gasteiger charge is 2.18. The molecule has 17 heavy (non-hydrogen) atoms. The number of hydrazine groups is 1. The van der Waals surface area contributed by atoms with Crippen LogP contribution in [-0.4, -0.2) is 24.4 Å². The molecular weight excluding hydrogens is 218 g/mol.